The van der Waals surface area contributed by atoms with Gasteiger partial charge in [0, 0.05) is 24.8 Å². The van der Waals surface area contributed by atoms with Crippen LogP contribution >= 0.6 is 0 Å². The van der Waals surface area contributed by atoms with Gasteiger partial charge in [0.05, 0.1) is 18.9 Å². The molecule has 3 fully saturated rings. The smallest absolute Gasteiger partial charge is 0.249 e. The molecule has 2 N–H and O–H groups in total. The van der Waals surface area contributed by atoms with Crippen LogP contribution in [0.4, 0.5) is 5.69 Å². The molecule has 0 radical (unpaired) electrons. The molecule has 3 saturated heterocycles. The highest BCUT2D eigenvalue weighted by Crippen LogP contribution is 2.38. The van der Waals surface area contributed by atoms with Crippen molar-refractivity contribution in [1.82, 2.24) is 10.6 Å². The second kappa shape index (κ2) is 8.70. The first-order chi connectivity index (χ1) is 14.5. The predicted octanol–water partition coefficient (Wildman–Crippen LogP) is 1.97. The highest BCUT2D eigenvalue weighted by Gasteiger charge is 2.36. The fourth-order valence-electron chi connectivity index (χ4n) is 4.57. The molecular weight excluding hydrogens is 382 g/mol. The molecule has 30 heavy (non-hydrogen) atoms. The van der Waals surface area contributed by atoms with Crippen molar-refractivity contribution >= 4 is 29.0 Å². The van der Waals surface area contributed by atoms with Crippen LogP contribution in [0.15, 0.2) is 24.8 Å². The topological polar surface area (TPSA) is 87.7 Å². The fourth-order valence-corrected chi connectivity index (χ4v) is 4.57. The minimum Gasteiger partial charge on any atom is -0.380 e. The Kier molecular flexibility index (Phi) is 6.01. The lowest BCUT2D eigenvalue weighted by Gasteiger charge is -2.36. The van der Waals surface area contributed by atoms with Gasteiger partial charge in [-0.1, -0.05) is 12.6 Å². The summed E-state index contributed by atoms with van der Waals surface area (Å²) in [5, 5.41) is 5.77. The first-order valence-corrected chi connectivity index (χ1v) is 10.7. The minimum atomic E-state index is -0.700. The minimum absolute atomic E-state index is 0.211. The summed E-state index contributed by atoms with van der Waals surface area (Å²) < 4.78 is 5.37. The molecular formula is C23H29N3O4. The van der Waals surface area contributed by atoms with E-state index in [1.54, 1.807) is 0 Å². The van der Waals surface area contributed by atoms with Gasteiger partial charge in [0.25, 0.3) is 0 Å². The molecule has 7 heteroatoms. The maximum atomic E-state index is 12.7. The highest BCUT2D eigenvalue weighted by atomic mass is 16.5. The Hall–Kier alpha value is -2.51. The number of rotatable bonds is 5. The van der Waals surface area contributed by atoms with E-state index in [1.165, 1.54) is 17.4 Å². The molecule has 4 rings (SSSR count). The van der Waals surface area contributed by atoms with Gasteiger partial charge in [-0.3, -0.25) is 24.6 Å². The Balaban J connectivity index is 1.73. The first kappa shape index (κ1) is 20.8. The van der Waals surface area contributed by atoms with E-state index >= 15 is 0 Å². The summed E-state index contributed by atoms with van der Waals surface area (Å²) in [6.07, 6.45) is 2.68. The van der Waals surface area contributed by atoms with E-state index in [9.17, 15) is 14.4 Å². The fraction of sp³-hybridized carbons (Fsp3) is 0.522. The molecule has 1 atom stereocenters. The third-order valence-electron chi connectivity index (χ3n) is 6.43. The van der Waals surface area contributed by atoms with Crippen LogP contribution in [0.25, 0.3) is 5.57 Å². The summed E-state index contributed by atoms with van der Waals surface area (Å²) in [4.78, 5) is 38.4. The molecule has 3 heterocycles. The van der Waals surface area contributed by atoms with Crippen LogP contribution in [0.5, 0.6) is 0 Å². The number of benzene rings is 1. The van der Waals surface area contributed by atoms with Crippen molar-refractivity contribution in [3.05, 3.63) is 35.9 Å². The monoisotopic (exact) mass is 411 g/mol. The van der Waals surface area contributed by atoms with E-state index < -0.39 is 11.9 Å². The Morgan fingerprint density at radius 2 is 1.90 bits per heavy atom. The van der Waals surface area contributed by atoms with Crippen molar-refractivity contribution in [3.63, 3.8) is 0 Å². The summed E-state index contributed by atoms with van der Waals surface area (Å²) >= 11 is 0. The van der Waals surface area contributed by atoms with Crippen LogP contribution in [-0.4, -0.2) is 50.1 Å². The first-order valence-electron chi connectivity index (χ1n) is 10.7. The van der Waals surface area contributed by atoms with Gasteiger partial charge >= 0.3 is 0 Å². The summed E-state index contributed by atoms with van der Waals surface area (Å²) in [6.45, 7) is 9.02. The van der Waals surface area contributed by atoms with E-state index in [2.05, 4.69) is 29.3 Å². The Morgan fingerprint density at radius 1 is 1.17 bits per heavy atom. The summed E-state index contributed by atoms with van der Waals surface area (Å²) in [5.74, 6) is -0.267. The van der Waals surface area contributed by atoms with Crippen LogP contribution in [0.1, 0.15) is 49.7 Å². The number of nitrogens with zero attached hydrogens (tertiary/aromatic N) is 1. The number of piperidine rings is 2. The Labute approximate surface area is 176 Å². The van der Waals surface area contributed by atoms with E-state index in [1.807, 2.05) is 6.07 Å². The molecule has 0 aliphatic carbocycles. The summed E-state index contributed by atoms with van der Waals surface area (Å²) in [5.41, 5.74) is 3.76. The third kappa shape index (κ3) is 4.04. The average Bonchev–Trinajstić information content (AvgIpc) is 2.69. The Morgan fingerprint density at radius 3 is 2.50 bits per heavy atom. The predicted molar refractivity (Wildman–Crippen MR) is 114 cm³/mol. The van der Waals surface area contributed by atoms with Crippen LogP contribution < -0.4 is 15.5 Å². The summed E-state index contributed by atoms with van der Waals surface area (Å²) in [6, 6.07) is 5.46. The number of carbonyl (C=O) groups is 3. The van der Waals surface area contributed by atoms with Gasteiger partial charge in [0.15, 0.2) is 0 Å². The molecule has 3 aliphatic heterocycles. The maximum absolute atomic E-state index is 12.7. The van der Waals surface area contributed by atoms with Crippen molar-refractivity contribution < 1.29 is 19.1 Å². The number of carbonyl (C=O) groups excluding carboxylic acids is 3. The zero-order chi connectivity index (χ0) is 21.3. The Bertz CT molecular complexity index is 871. The zero-order valence-corrected chi connectivity index (χ0v) is 17.4. The lowest BCUT2D eigenvalue weighted by molar-refractivity contribution is -0.135. The third-order valence-corrected chi connectivity index (χ3v) is 6.43. The second-order valence-electron chi connectivity index (χ2n) is 8.42. The van der Waals surface area contributed by atoms with E-state index in [4.69, 9.17) is 4.74 Å². The number of ether oxygens (including phenoxy) is 1. The van der Waals surface area contributed by atoms with Crippen molar-refractivity contribution in [3.8, 4) is 0 Å². The largest absolute Gasteiger partial charge is 0.380 e. The zero-order valence-electron chi connectivity index (χ0n) is 17.4. The van der Waals surface area contributed by atoms with Gasteiger partial charge in [0.2, 0.25) is 17.7 Å². The molecule has 0 aromatic heterocycles. The van der Waals surface area contributed by atoms with Gasteiger partial charge in [-0.2, -0.15) is 0 Å². The molecule has 0 spiro atoms. The number of hydrogen-bond donors (Lipinski definition) is 2. The molecule has 1 aromatic carbocycles. The molecule has 7 nitrogen and oxygen atoms in total. The van der Waals surface area contributed by atoms with Crippen LogP contribution in [0.3, 0.4) is 0 Å². The van der Waals surface area contributed by atoms with E-state index in [0.29, 0.717) is 31.2 Å². The van der Waals surface area contributed by atoms with Crippen molar-refractivity contribution in [2.45, 2.75) is 44.6 Å². The SMILES string of the molecule is C=C(c1cc(C2CCNCC2)ccc1N(C(C)=O)C1CCC(=O)NC1=O)C1COC1. The second-order valence-corrected chi connectivity index (χ2v) is 8.42. The average molecular weight is 412 g/mol. The standard InChI is InChI=1S/C23H29N3O4/c1-14(18-12-30-13-18)19-11-17(16-7-9-24-10-8-16)3-4-20(19)26(15(2)27)21-5-6-22(28)25-23(21)29/h3-4,11,16,18,21,24H,1,5-10,12-13H2,2H3,(H,25,28,29). The van der Waals surface area contributed by atoms with Gasteiger partial charge in [-0.15, -0.1) is 0 Å². The van der Waals surface area contributed by atoms with Gasteiger partial charge in [0.1, 0.15) is 6.04 Å². The lowest BCUT2D eigenvalue weighted by atomic mass is 9.84. The maximum Gasteiger partial charge on any atom is 0.249 e. The molecule has 0 saturated carbocycles. The molecule has 3 aliphatic rings. The highest BCUT2D eigenvalue weighted by molar-refractivity contribution is 6.07. The number of nitrogens with one attached hydrogen (secondary N) is 2. The molecule has 3 amide bonds. The van der Waals surface area contributed by atoms with E-state index in [0.717, 1.165) is 37.1 Å². The molecule has 1 unspecified atom stereocenters. The molecule has 1 aromatic rings. The number of amides is 3. The van der Waals surface area contributed by atoms with E-state index in [-0.39, 0.29) is 24.2 Å². The quantitative estimate of drug-likeness (QED) is 0.724. The summed E-state index contributed by atoms with van der Waals surface area (Å²) in [7, 11) is 0. The van der Waals surface area contributed by atoms with Gasteiger partial charge in [-0.05, 0) is 61.5 Å². The van der Waals surface area contributed by atoms with Gasteiger partial charge in [-0.25, -0.2) is 0 Å². The van der Waals surface area contributed by atoms with Crippen LogP contribution in [-0.2, 0) is 19.1 Å². The van der Waals surface area contributed by atoms with Crippen molar-refractivity contribution in [2.75, 3.05) is 31.2 Å². The van der Waals surface area contributed by atoms with Gasteiger partial charge < -0.3 is 10.1 Å². The van der Waals surface area contributed by atoms with Crippen molar-refractivity contribution in [1.29, 1.82) is 0 Å². The number of imide groups is 1. The van der Waals surface area contributed by atoms with Crippen LogP contribution in [0, 0.1) is 5.92 Å². The molecule has 160 valence electrons. The van der Waals surface area contributed by atoms with Crippen molar-refractivity contribution in [2.24, 2.45) is 5.92 Å². The number of hydrogen-bond acceptors (Lipinski definition) is 5. The van der Waals surface area contributed by atoms with Crippen LogP contribution in [0.2, 0.25) is 0 Å². The lowest BCUT2D eigenvalue weighted by Crippen LogP contribution is -2.54. The normalized spacial score (nSPS) is 22.9. The number of anilines is 1. The molecule has 0 bridgehead atoms.